The average Bonchev–Trinajstić information content (AvgIpc) is 3.25. The van der Waals surface area contributed by atoms with Gasteiger partial charge in [0.15, 0.2) is 17.0 Å². The molecule has 4 rings (SSSR count). The van der Waals surface area contributed by atoms with Gasteiger partial charge in [0.05, 0.1) is 32.1 Å². The minimum atomic E-state index is -0.550. The Balaban J connectivity index is 1.70. The van der Waals surface area contributed by atoms with Crippen LogP contribution in [0.2, 0.25) is 0 Å². The second-order valence-corrected chi connectivity index (χ2v) is 8.24. The molecule has 0 amide bonds. The monoisotopic (exact) mass is 461 g/mol. The molecule has 178 valence electrons. The zero-order valence-corrected chi connectivity index (χ0v) is 19.7. The lowest BCUT2D eigenvalue weighted by molar-refractivity contribution is 0.169. The highest BCUT2D eigenvalue weighted by Crippen LogP contribution is 2.25. The van der Waals surface area contributed by atoms with Crippen LogP contribution in [0.5, 0.6) is 5.75 Å². The molecule has 0 aliphatic rings. The number of ether oxygens (including phenoxy) is 1. The number of nitrogens with two attached hydrogens (primary N) is 1. The van der Waals surface area contributed by atoms with Crippen LogP contribution in [0.25, 0.3) is 11.2 Å². The summed E-state index contributed by atoms with van der Waals surface area (Å²) in [4.78, 5) is 14.0. The molecule has 0 bridgehead atoms. The Kier molecular flexibility index (Phi) is 7.12. The largest absolute Gasteiger partial charge is 0.497 e. The second-order valence-electron chi connectivity index (χ2n) is 8.24. The van der Waals surface area contributed by atoms with Crippen molar-refractivity contribution < 1.29 is 9.84 Å². The molecule has 0 saturated heterocycles. The van der Waals surface area contributed by atoms with Crippen LogP contribution in [0.15, 0.2) is 54.9 Å². The van der Waals surface area contributed by atoms with E-state index in [0.29, 0.717) is 41.7 Å². The van der Waals surface area contributed by atoms with Crippen molar-refractivity contribution in [2.24, 2.45) is 0 Å². The third-order valence-electron chi connectivity index (χ3n) is 5.79. The van der Waals surface area contributed by atoms with Gasteiger partial charge >= 0.3 is 0 Å². The molecule has 9 heteroatoms. The quantitative estimate of drug-likeness (QED) is 0.264. The number of methoxy groups -OCH3 is 1. The Morgan fingerprint density at radius 2 is 1.94 bits per heavy atom. The normalized spacial score (nSPS) is 12.9. The van der Waals surface area contributed by atoms with E-state index in [0.717, 1.165) is 23.3 Å². The highest BCUT2D eigenvalue weighted by molar-refractivity contribution is 5.84. The van der Waals surface area contributed by atoms with Crippen LogP contribution in [0.3, 0.4) is 0 Å². The Morgan fingerprint density at radius 3 is 2.65 bits per heavy atom. The molecule has 2 unspecified atom stereocenters. The van der Waals surface area contributed by atoms with Gasteiger partial charge in [0.25, 0.3) is 0 Å². The first-order chi connectivity index (χ1) is 16.5. The lowest BCUT2D eigenvalue weighted by Crippen LogP contribution is -2.31. The summed E-state index contributed by atoms with van der Waals surface area (Å²) in [6.45, 7) is 4.83. The first-order valence-electron chi connectivity index (χ1n) is 11.4. The fraction of sp³-hybridized carbons (Fsp3) is 0.320. The molecule has 34 heavy (non-hydrogen) atoms. The van der Waals surface area contributed by atoms with E-state index in [1.165, 1.54) is 0 Å². The van der Waals surface area contributed by atoms with E-state index in [-0.39, 0.29) is 6.04 Å². The number of anilines is 3. The summed E-state index contributed by atoms with van der Waals surface area (Å²) >= 11 is 0. The van der Waals surface area contributed by atoms with E-state index in [1.807, 2.05) is 47.9 Å². The molecular formula is C25H31N7O2. The van der Waals surface area contributed by atoms with Crippen LogP contribution >= 0.6 is 0 Å². The smallest absolute Gasteiger partial charge is 0.227 e. The Bertz CT molecular complexity index is 1240. The van der Waals surface area contributed by atoms with E-state index in [2.05, 4.69) is 32.7 Å². The fourth-order valence-corrected chi connectivity index (χ4v) is 3.80. The number of imidazole rings is 1. The Morgan fingerprint density at radius 1 is 1.15 bits per heavy atom. The van der Waals surface area contributed by atoms with Crippen molar-refractivity contribution in [1.29, 1.82) is 0 Å². The maximum absolute atomic E-state index is 10.1. The van der Waals surface area contributed by atoms with E-state index in [1.54, 1.807) is 20.4 Å². The van der Waals surface area contributed by atoms with Crippen molar-refractivity contribution >= 4 is 28.6 Å². The molecule has 9 nitrogen and oxygen atoms in total. The minimum absolute atomic E-state index is 0.176. The summed E-state index contributed by atoms with van der Waals surface area (Å²) < 4.78 is 7.32. The molecule has 0 aliphatic carbocycles. The number of benzene rings is 2. The van der Waals surface area contributed by atoms with E-state index in [9.17, 15) is 5.11 Å². The summed E-state index contributed by atoms with van der Waals surface area (Å²) in [5.41, 5.74) is 10.2. The molecule has 2 atom stereocenters. The van der Waals surface area contributed by atoms with Gasteiger partial charge in [0.2, 0.25) is 5.95 Å². The third kappa shape index (κ3) is 5.20. The van der Waals surface area contributed by atoms with Crippen molar-refractivity contribution in [2.75, 3.05) is 23.5 Å². The van der Waals surface area contributed by atoms with E-state index in [4.69, 9.17) is 15.5 Å². The number of hydrogen-bond donors (Lipinski definition) is 4. The Labute approximate surface area is 199 Å². The molecule has 0 fully saturated rings. The highest BCUT2D eigenvalue weighted by Gasteiger charge is 2.18. The standard InChI is InChI=1S/C25H31N7O2/c1-4-21(16(2)33)29-25-30-23(27-13-18-12-19(34-3)10-11-20(18)26)22-24(31-25)32(15-28-22)14-17-8-6-5-7-9-17/h5-12,15-16,21,33H,4,13-14,26H2,1-3H3,(H2,27,29,30,31). The van der Waals surface area contributed by atoms with Crippen LogP contribution < -0.4 is 21.1 Å². The van der Waals surface area contributed by atoms with Gasteiger partial charge in [-0.25, -0.2) is 4.98 Å². The molecule has 0 radical (unpaired) electrons. The maximum Gasteiger partial charge on any atom is 0.227 e. The average molecular weight is 462 g/mol. The third-order valence-corrected chi connectivity index (χ3v) is 5.79. The summed E-state index contributed by atoms with van der Waals surface area (Å²) in [5.74, 6) is 1.74. The van der Waals surface area contributed by atoms with Crippen LogP contribution in [0.4, 0.5) is 17.5 Å². The van der Waals surface area contributed by atoms with Crippen LogP contribution in [-0.2, 0) is 13.1 Å². The van der Waals surface area contributed by atoms with E-state index >= 15 is 0 Å². The van der Waals surface area contributed by atoms with Gasteiger partial charge in [0.1, 0.15) is 5.75 Å². The molecule has 0 spiro atoms. The van der Waals surface area contributed by atoms with Crippen LogP contribution in [0, 0.1) is 0 Å². The minimum Gasteiger partial charge on any atom is -0.497 e. The van der Waals surface area contributed by atoms with Gasteiger partial charge in [-0.2, -0.15) is 9.97 Å². The molecular weight excluding hydrogens is 430 g/mol. The number of nitrogens with one attached hydrogen (secondary N) is 2. The molecule has 0 aliphatic heterocycles. The van der Waals surface area contributed by atoms with Crippen LogP contribution in [-0.4, -0.2) is 43.9 Å². The van der Waals surface area contributed by atoms with Gasteiger partial charge in [0, 0.05) is 12.2 Å². The molecule has 2 heterocycles. The lowest BCUT2D eigenvalue weighted by Gasteiger charge is -2.20. The number of aromatic nitrogens is 4. The summed E-state index contributed by atoms with van der Waals surface area (Å²) in [7, 11) is 1.63. The number of nitrogen functional groups attached to an aromatic ring is 1. The predicted molar refractivity (Wildman–Crippen MR) is 135 cm³/mol. The summed E-state index contributed by atoms with van der Waals surface area (Å²) in [6, 6.07) is 15.5. The van der Waals surface area contributed by atoms with Crippen molar-refractivity contribution in [3.8, 4) is 5.75 Å². The molecule has 0 saturated carbocycles. The number of rotatable bonds is 10. The Hall–Kier alpha value is -3.85. The van der Waals surface area contributed by atoms with Crippen molar-refractivity contribution in [3.63, 3.8) is 0 Å². The first-order valence-corrected chi connectivity index (χ1v) is 11.4. The van der Waals surface area contributed by atoms with Gasteiger partial charge in [-0.05, 0) is 42.7 Å². The topological polar surface area (TPSA) is 123 Å². The molecule has 4 aromatic rings. The maximum atomic E-state index is 10.1. The summed E-state index contributed by atoms with van der Waals surface area (Å²) in [6.07, 6.45) is 1.95. The highest BCUT2D eigenvalue weighted by atomic mass is 16.5. The number of nitrogens with zero attached hydrogens (tertiary/aromatic N) is 4. The van der Waals surface area contributed by atoms with Crippen molar-refractivity contribution in [1.82, 2.24) is 19.5 Å². The second kappa shape index (κ2) is 10.4. The number of aliphatic hydroxyl groups is 1. The molecule has 5 N–H and O–H groups in total. The van der Waals surface area contributed by atoms with Crippen molar-refractivity contribution in [2.45, 2.75) is 45.5 Å². The number of aliphatic hydroxyl groups excluding tert-OH is 1. The zero-order chi connectivity index (χ0) is 24.1. The lowest BCUT2D eigenvalue weighted by atomic mass is 10.1. The molecule has 2 aromatic carbocycles. The number of hydrogen-bond acceptors (Lipinski definition) is 8. The van der Waals surface area contributed by atoms with E-state index < -0.39 is 6.10 Å². The fourth-order valence-electron chi connectivity index (χ4n) is 3.80. The summed E-state index contributed by atoms with van der Waals surface area (Å²) in [5, 5.41) is 16.8. The molecule has 2 aromatic heterocycles. The van der Waals surface area contributed by atoms with Crippen molar-refractivity contribution in [3.05, 3.63) is 66.0 Å². The van der Waals surface area contributed by atoms with Gasteiger partial charge in [-0.1, -0.05) is 37.3 Å². The predicted octanol–water partition coefficient (Wildman–Crippen LogP) is 3.65. The SMILES string of the molecule is CCC(Nc1nc(NCc2cc(OC)ccc2N)c2ncn(Cc3ccccc3)c2n1)C(C)O. The first kappa shape index (κ1) is 23.3. The van der Waals surface area contributed by atoms with Gasteiger partial charge in [-0.15, -0.1) is 0 Å². The van der Waals surface area contributed by atoms with Crippen LogP contribution in [0.1, 0.15) is 31.4 Å². The van der Waals surface area contributed by atoms with Gasteiger partial charge < -0.3 is 30.8 Å². The zero-order valence-electron chi connectivity index (χ0n) is 19.7. The van der Waals surface area contributed by atoms with Gasteiger partial charge in [-0.3, -0.25) is 0 Å². The number of fused-ring (bicyclic) bond motifs is 1.